The van der Waals surface area contributed by atoms with Crippen molar-refractivity contribution < 1.29 is 24.9 Å². The molecule has 0 spiro atoms. The average Bonchev–Trinajstić information content (AvgIpc) is 1.84. The molecule has 0 aromatic heterocycles. The highest BCUT2D eigenvalue weighted by Crippen LogP contribution is 2.19. The first-order valence-corrected chi connectivity index (χ1v) is 3.86. The lowest BCUT2D eigenvalue weighted by Crippen LogP contribution is -2.44. The smallest absolute Gasteiger partial charge is 0.402 e. The molecule has 6 heteroatoms. The predicted octanol–water partition coefficient (Wildman–Crippen LogP) is -0.870. The Kier molecular flexibility index (Phi) is 6.57. The Hall–Kier alpha value is -0.135. The molecule has 0 amide bonds. The summed E-state index contributed by atoms with van der Waals surface area (Å²) >= 11 is 0. The maximum atomic E-state index is 9.10. The standard InChI is InChI=1S/C6H14O2.CH5BO3/c1-5(2,7)6(3,4)8;1-5-2(3)4/h7-8H,1-4H3;3-4H,1H3. The van der Waals surface area contributed by atoms with E-state index in [4.69, 9.17) is 20.3 Å². The second-order valence-corrected chi connectivity index (χ2v) is 3.68. The Morgan fingerprint density at radius 2 is 1.08 bits per heavy atom. The third-order valence-electron chi connectivity index (χ3n) is 1.71. The van der Waals surface area contributed by atoms with Gasteiger partial charge >= 0.3 is 7.32 Å². The van der Waals surface area contributed by atoms with Gasteiger partial charge < -0.3 is 24.9 Å². The third-order valence-corrected chi connectivity index (χ3v) is 1.71. The van der Waals surface area contributed by atoms with Crippen LogP contribution < -0.4 is 0 Å². The highest BCUT2D eigenvalue weighted by Gasteiger charge is 2.31. The molecule has 0 fully saturated rings. The van der Waals surface area contributed by atoms with Gasteiger partial charge in [0.15, 0.2) is 0 Å². The molecular weight excluding hydrogens is 175 g/mol. The largest absolute Gasteiger partial charge is 0.633 e. The molecule has 0 aliphatic carbocycles. The third kappa shape index (κ3) is 9.78. The van der Waals surface area contributed by atoms with Crippen LogP contribution in [0.4, 0.5) is 0 Å². The van der Waals surface area contributed by atoms with Crippen LogP contribution >= 0.6 is 0 Å². The van der Waals surface area contributed by atoms with E-state index in [1.165, 1.54) is 7.11 Å². The van der Waals surface area contributed by atoms with Gasteiger partial charge in [-0.2, -0.15) is 0 Å². The second-order valence-electron chi connectivity index (χ2n) is 3.68. The first kappa shape index (κ1) is 15.3. The van der Waals surface area contributed by atoms with Crippen molar-refractivity contribution in [3.8, 4) is 0 Å². The fourth-order valence-corrected chi connectivity index (χ4v) is 0. The molecule has 0 atom stereocenters. The summed E-state index contributed by atoms with van der Waals surface area (Å²) in [6.07, 6.45) is 0. The van der Waals surface area contributed by atoms with E-state index in [0.717, 1.165) is 0 Å². The number of hydrogen-bond donors (Lipinski definition) is 4. The van der Waals surface area contributed by atoms with E-state index < -0.39 is 18.5 Å². The first-order chi connectivity index (χ1) is 5.52. The van der Waals surface area contributed by atoms with Gasteiger partial charge in [0.25, 0.3) is 0 Å². The fourth-order valence-electron chi connectivity index (χ4n) is 0. The van der Waals surface area contributed by atoms with E-state index in [-0.39, 0.29) is 0 Å². The Bertz CT molecular complexity index is 112. The number of aliphatic hydroxyl groups is 2. The Balaban J connectivity index is 0. The Morgan fingerprint density at radius 1 is 0.923 bits per heavy atom. The normalized spacial score (nSPS) is 11.8. The summed E-state index contributed by atoms with van der Waals surface area (Å²) in [5.41, 5.74) is -2.01. The van der Waals surface area contributed by atoms with Gasteiger partial charge in [-0.1, -0.05) is 0 Å². The first-order valence-electron chi connectivity index (χ1n) is 3.86. The van der Waals surface area contributed by atoms with Crippen LogP contribution in [0.2, 0.25) is 0 Å². The minimum absolute atomic E-state index is 1.01. The molecule has 0 unspecified atom stereocenters. The number of hydrogen-bond acceptors (Lipinski definition) is 5. The van der Waals surface area contributed by atoms with E-state index in [2.05, 4.69) is 4.65 Å². The summed E-state index contributed by atoms with van der Waals surface area (Å²) in [6, 6.07) is 0. The molecule has 0 radical (unpaired) electrons. The summed E-state index contributed by atoms with van der Waals surface area (Å²) < 4.78 is 3.86. The zero-order chi connectivity index (χ0) is 11.3. The van der Waals surface area contributed by atoms with Crippen LogP contribution in [-0.2, 0) is 4.65 Å². The molecule has 0 bridgehead atoms. The molecular formula is C7H19BO5. The van der Waals surface area contributed by atoms with Gasteiger partial charge in [-0.15, -0.1) is 0 Å². The molecule has 4 N–H and O–H groups in total. The topological polar surface area (TPSA) is 90.2 Å². The van der Waals surface area contributed by atoms with Gasteiger partial charge in [0.2, 0.25) is 0 Å². The van der Waals surface area contributed by atoms with Crippen molar-refractivity contribution in [2.75, 3.05) is 7.11 Å². The van der Waals surface area contributed by atoms with E-state index in [1.807, 2.05) is 0 Å². The monoisotopic (exact) mass is 194 g/mol. The van der Waals surface area contributed by atoms with Crippen molar-refractivity contribution in [1.82, 2.24) is 0 Å². The Labute approximate surface area is 79.2 Å². The zero-order valence-corrected chi connectivity index (χ0v) is 8.77. The van der Waals surface area contributed by atoms with Crippen molar-refractivity contribution >= 4 is 7.32 Å². The highest BCUT2D eigenvalue weighted by atomic mass is 16.6. The van der Waals surface area contributed by atoms with Gasteiger partial charge in [-0.3, -0.25) is 0 Å². The van der Waals surface area contributed by atoms with Gasteiger partial charge in [0, 0.05) is 7.11 Å². The molecule has 0 aliphatic heterocycles. The maximum Gasteiger partial charge on any atom is 0.633 e. The van der Waals surface area contributed by atoms with Crippen LogP contribution in [0.3, 0.4) is 0 Å². The fraction of sp³-hybridized carbons (Fsp3) is 1.00. The Morgan fingerprint density at radius 3 is 1.08 bits per heavy atom. The summed E-state index contributed by atoms with van der Waals surface area (Å²) in [7, 11) is -0.417. The van der Waals surface area contributed by atoms with Crippen LogP contribution in [0.25, 0.3) is 0 Å². The molecule has 13 heavy (non-hydrogen) atoms. The summed E-state index contributed by atoms with van der Waals surface area (Å²) in [6.45, 7) is 6.31. The summed E-state index contributed by atoms with van der Waals surface area (Å²) in [5.74, 6) is 0. The van der Waals surface area contributed by atoms with Gasteiger partial charge in [0.05, 0.1) is 11.2 Å². The summed E-state index contributed by atoms with van der Waals surface area (Å²) in [5, 5.41) is 33.6. The molecule has 80 valence electrons. The van der Waals surface area contributed by atoms with Crippen LogP contribution in [0, 0.1) is 0 Å². The van der Waals surface area contributed by atoms with Crippen molar-refractivity contribution in [2.45, 2.75) is 38.9 Å². The minimum atomic E-state index is -1.62. The van der Waals surface area contributed by atoms with Crippen molar-refractivity contribution in [1.29, 1.82) is 0 Å². The van der Waals surface area contributed by atoms with E-state index in [1.54, 1.807) is 27.7 Å². The lowest BCUT2D eigenvalue weighted by Gasteiger charge is -2.31. The quantitative estimate of drug-likeness (QED) is 0.429. The molecule has 5 nitrogen and oxygen atoms in total. The molecule has 0 heterocycles. The number of rotatable bonds is 2. The summed E-state index contributed by atoms with van der Waals surface area (Å²) in [4.78, 5) is 0. The lowest BCUT2D eigenvalue weighted by atomic mass is 9.90. The molecule has 0 aromatic carbocycles. The lowest BCUT2D eigenvalue weighted by molar-refractivity contribution is -0.107. The SMILES string of the molecule is CC(C)(O)C(C)(C)O.COB(O)O. The van der Waals surface area contributed by atoms with E-state index in [0.29, 0.717) is 0 Å². The zero-order valence-electron chi connectivity index (χ0n) is 8.77. The van der Waals surface area contributed by atoms with Gasteiger partial charge in [-0.25, -0.2) is 0 Å². The van der Waals surface area contributed by atoms with Crippen molar-refractivity contribution in [3.63, 3.8) is 0 Å². The molecule has 0 aliphatic rings. The van der Waals surface area contributed by atoms with Crippen LogP contribution in [0.15, 0.2) is 0 Å². The minimum Gasteiger partial charge on any atom is -0.402 e. The molecule has 0 rings (SSSR count). The van der Waals surface area contributed by atoms with Crippen LogP contribution in [0.1, 0.15) is 27.7 Å². The van der Waals surface area contributed by atoms with Crippen LogP contribution in [0.5, 0.6) is 0 Å². The second kappa shape index (κ2) is 5.56. The van der Waals surface area contributed by atoms with Crippen molar-refractivity contribution in [3.05, 3.63) is 0 Å². The molecule has 0 saturated heterocycles. The maximum absolute atomic E-state index is 9.10. The van der Waals surface area contributed by atoms with E-state index >= 15 is 0 Å². The predicted molar refractivity (Wildman–Crippen MR) is 49.8 cm³/mol. The molecule has 0 aromatic rings. The highest BCUT2D eigenvalue weighted by molar-refractivity contribution is 6.32. The van der Waals surface area contributed by atoms with Gasteiger partial charge in [0.1, 0.15) is 0 Å². The van der Waals surface area contributed by atoms with E-state index in [9.17, 15) is 0 Å². The van der Waals surface area contributed by atoms with Gasteiger partial charge in [-0.05, 0) is 27.7 Å². The van der Waals surface area contributed by atoms with Crippen molar-refractivity contribution in [2.24, 2.45) is 0 Å². The molecule has 0 saturated carbocycles. The van der Waals surface area contributed by atoms with Crippen LogP contribution in [-0.4, -0.2) is 45.9 Å². The average molecular weight is 194 g/mol.